The second-order valence-electron chi connectivity index (χ2n) is 6.37. The van der Waals surface area contributed by atoms with Crippen molar-refractivity contribution in [1.82, 2.24) is 0 Å². The molecule has 0 aromatic rings. The lowest BCUT2D eigenvalue weighted by atomic mass is 9.69. The van der Waals surface area contributed by atoms with Crippen LogP contribution in [0.5, 0.6) is 0 Å². The molecule has 2 aliphatic carbocycles. The largest absolute Gasteiger partial charge is 0.198 e. The average Bonchev–Trinajstić information content (AvgIpc) is 2.34. The fraction of sp³-hybridized carbons (Fsp3) is 0.938. The molecule has 0 aromatic heterocycles. The number of hydrogen-bond acceptors (Lipinski definition) is 1. The summed E-state index contributed by atoms with van der Waals surface area (Å²) in [6.07, 6.45) is 17.3. The molecule has 0 radical (unpaired) electrons. The Labute approximate surface area is 107 Å². The SMILES string of the molecule is N#CC1(CC2CCCCC2)CCCCCCC1. The number of nitrogens with zero attached hydrogens (tertiary/aromatic N) is 1. The van der Waals surface area contributed by atoms with Crippen molar-refractivity contribution >= 4 is 0 Å². The summed E-state index contributed by atoms with van der Waals surface area (Å²) >= 11 is 0. The van der Waals surface area contributed by atoms with Gasteiger partial charge in [-0.15, -0.1) is 0 Å². The Morgan fingerprint density at radius 3 is 1.94 bits per heavy atom. The molecule has 2 saturated carbocycles. The first-order valence-corrected chi connectivity index (χ1v) is 7.76. The van der Waals surface area contributed by atoms with E-state index in [1.807, 2.05) is 0 Å². The molecule has 96 valence electrons. The minimum Gasteiger partial charge on any atom is -0.198 e. The summed E-state index contributed by atoms with van der Waals surface area (Å²) in [5.74, 6) is 0.864. The Bertz CT molecular complexity index is 249. The van der Waals surface area contributed by atoms with Crippen LogP contribution in [0.3, 0.4) is 0 Å². The molecule has 0 heterocycles. The van der Waals surface area contributed by atoms with Crippen LogP contribution in [0.4, 0.5) is 0 Å². The molecule has 2 fully saturated rings. The van der Waals surface area contributed by atoms with Gasteiger partial charge in [0.25, 0.3) is 0 Å². The summed E-state index contributed by atoms with van der Waals surface area (Å²) in [5, 5.41) is 9.64. The summed E-state index contributed by atoms with van der Waals surface area (Å²) in [6.45, 7) is 0. The molecule has 0 bridgehead atoms. The van der Waals surface area contributed by atoms with Crippen LogP contribution in [0.1, 0.15) is 83.5 Å². The standard InChI is InChI=1S/C16H27N/c17-14-16(11-7-2-1-3-8-12-16)13-15-9-5-4-6-10-15/h15H,1-13H2. The molecule has 0 atom stereocenters. The van der Waals surface area contributed by atoms with Gasteiger partial charge in [-0.05, 0) is 25.2 Å². The van der Waals surface area contributed by atoms with Gasteiger partial charge in [0.1, 0.15) is 0 Å². The third-order valence-corrected chi connectivity index (χ3v) is 4.95. The lowest BCUT2D eigenvalue weighted by Gasteiger charge is -2.34. The van der Waals surface area contributed by atoms with E-state index in [1.54, 1.807) is 0 Å². The first-order chi connectivity index (χ1) is 8.35. The zero-order valence-corrected chi connectivity index (χ0v) is 11.2. The maximum Gasteiger partial charge on any atom is 0.0689 e. The van der Waals surface area contributed by atoms with E-state index in [2.05, 4.69) is 6.07 Å². The van der Waals surface area contributed by atoms with Gasteiger partial charge in [-0.2, -0.15) is 5.26 Å². The van der Waals surface area contributed by atoms with Gasteiger partial charge in [-0.1, -0.05) is 64.2 Å². The minimum atomic E-state index is 0.0580. The molecular weight excluding hydrogens is 206 g/mol. The second kappa shape index (κ2) is 6.43. The molecule has 0 aliphatic heterocycles. The molecule has 0 N–H and O–H groups in total. The highest BCUT2D eigenvalue weighted by atomic mass is 14.4. The van der Waals surface area contributed by atoms with Gasteiger partial charge in [0.2, 0.25) is 0 Å². The Kier molecular flexibility index (Phi) is 4.89. The monoisotopic (exact) mass is 233 g/mol. The Morgan fingerprint density at radius 2 is 1.35 bits per heavy atom. The Morgan fingerprint density at radius 1 is 0.824 bits per heavy atom. The van der Waals surface area contributed by atoms with Crippen LogP contribution >= 0.6 is 0 Å². The predicted molar refractivity (Wildman–Crippen MR) is 71.6 cm³/mol. The first-order valence-electron chi connectivity index (χ1n) is 7.76. The fourth-order valence-corrected chi connectivity index (χ4v) is 3.89. The highest BCUT2D eigenvalue weighted by Gasteiger charge is 2.33. The molecule has 0 unspecified atom stereocenters. The average molecular weight is 233 g/mol. The smallest absolute Gasteiger partial charge is 0.0689 e. The Hall–Kier alpha value is -0.510. The molecule has 0 spiro atoms. The van der Waals surface area contributed by atoms with Gasteiger partial charge in [0, 0.05) is 0 Å². The van der Waals surface area contributed by atoms with Crippen LogP contribution in [-0.4, -0.2) is 0 Å². The zero-order valence-electron chi connectivity index (χ0n) is 11.2. The van der Waals surface area contributed by atoms with Gasteiger partial charge in [-0.3, -0.25) is 0 Å². The summed E-state index contributed by atoms with van der Waals surface area (Å²) in [6, 6.07) is 2.73. The maximum absolute atomic E-state index is 9.64. The lowest BCUT2D eigenvalue weighted by Crippen LogP contribution is -2.25. The third kappa shape index (κ3) is 3.73. The lowest BCUT2D eigenvalue weighted by molar-refractivity contribution is 0.197. The normalized spacial score (nSPS) is 26.8. The fourth-order valence-electron chi connectivity index (χ4n) is 3.89. The maximum atomic E-state index is 9.64. The van der Waals surface area contributed by atoms with Crippen molar-refractivity contribution < 1.29 is 0 Å². The van der Waals surface area contributed by atoms with Crippen molar-refractivity contribution in [2.75, 3.05) is 0 Å². The molecule has 2 rings (SSSR count). The van der Waals surface area contributed by atoms with Crippen LogP contribution < -0.4 is 0 Å². The molecule has 1 nitrogen and oxygen atoms in total. The molecular formula is C16H27N. The minimum absolute atomic E-state index is 0.0580. The van der Waals surface area contributed by atoms with Crippen LogP contribution in [0, 0.1) is 22.7 Å². The van der Waals surface area contributed by atoms with Crippen molar-refractivity contribution in [2.45, 2.75) is 83.5 Å². The highest BCUT2D eigenvalue weighted by Crippen LogP contribution is 2.42. The number of rotatable bonds is 2. The summed E-state index contributed by atoms with van der Waals surface area (Å²) < 4.78 is 0. The van der Waals surface area contributed by atoms with Gasteiger partial charge in [0.15, 0.2) is 0 Å². The van der Waals surface area contributed by atoms with E-state index in [-0.39, 0.29) is 5.41 Å². The molecule has 0 amide bonds. The summed E-state index contributed by atoms with van der Waals surface area (Å²) in [4.78, 5) is 0. The van der Waals surface area contributed by atoms with Gasteiger partial charge >= 0.3 is 0 Å². The number of hydrogen-bond donors (Lipinski definition) is 0. The van der Waals surface area contributed by atoms with E-state index >= 15 is 0 Å². The van der Waals surface area contributed by atoms with Gasteiger partial charge < -0.3 is 0 Å². The van der Waals surface area contributed by atoms with Crippen LogP contribution in [-0.2, 0) is 0 Å². The van der Waals surface area contributed by atoms with E-state index < -0.39 is 0 Å². The van der Waals surface area contributed by atoms with E-state index in [4.69, 9.17) is 0 Å². The first kappa shape index (κ1) is 12.9. The third-order valence-electron chi connectivity index (χ3n) is 4.95. The Balaban J connectivity index is 1.93. The van der Waals surface area contributed by atoms with Crippen molar-refractivity contribution in [2.24, 2.45) is 11.3 Å². The number of nitriles is 1. The predicted octanol–water partition coefficient (Wildman–Crippen LogP) is 5.21. The van der Waals surface area contributed by atoms with Crippen molar-refractivity contribution in [3.63, 3.8) is 0 Å². The molecule has 2 aliphatic rings. The van der Waals surface area contributed by atoms with Gasteiger partial charge in [0.05, 0.1) is 11.5 Å². The van der Waals surface area contributed by atoms with E-state index in [0.717, 1.165) is 5.92 Å². The zero-order chi connectivity index (χ0) is 12.0. The second-order valence-corrected chi connectivity index (χ2v) is 6.37. The van der Waals surface area contributed by atoms with Crippen LogP contribution in [0.2, 0.25) is 0 Å². The van der Waals surface area contributed by atoms with Crippen molar-refractivity contribution in [3.8, 4) is 6.07 Å². The molecule has 0 aromatic carbocycles. The molecule has 0 saturated heterocycles. The van der Waals surface area contributed by atoms with Crippen LogP contribution in [0.15, 0.2) is 0 Å². The van der Waals surface area contributed by atoms with Crippen LogP contribution in [0.25, 0.3) is 0 Å². The van der Waals surface area contributed by atoms with Crippen molar-refractivity contribution in [3.05, 3.63) is 0 Å². The molecule has 17 heavy (non-hydrogen) atoms. The summed E-state index contributed by atoms with van der Waals surface area (Å²) in [5.41, 5.74) is 0.0580. The molecule has 1 heteroatoms. The topological polar surface area (TPSA) is 23.8 Å². The van der Waals surface area contributed by atoms with Crippen molar-refractivity contribution in [1.29, 1.82) is 5.26 Å². The summed E-state index contributed by atoms with van der Waals surface area (Å²) in [7, 11) is 0. The van der Waals surface area contributed by atoms with E-state index in [9.17, 15) is 5.26 Å². The highest BCUT2D eigenvalue weighted by molar-refractivity contribution is 5.00. The quantitative estimate of drug-likeness (QED) is 0.642. The van der Waals surface area contributed by atoms with E-state index in [0.29, 0.717) is 0 Å². The van der Waals surface area contributed by atoms with Gasteiger partial charge in [-0.25, -0.2) is 0 Å². The van der Waals surface area contributed by atoms with E-state index in [1.165, 1.54) is 83.5 Å².